The zero-order valence-electron chi connectivity index (χ0n) is 18.1. The number of benzene rings is 3. The van der Waals surface area contributed by atoms with Gasteiger partial charge < -0.3 is 9.47 Å². The standard InChI is InChI=1S/C25H21N3O5/c1-3-33-23-16-17(9-14-22(23)32-2)15-21-24(18-7-5-4-6-8-18)26-27(25(21)29)19-10-12-20(13-11-19)28(30)31/h4-16H,3H2,1-2H3/b21-15+. The third-order valence-corrected chi connectivity index (χ3v) is 5.03. The van der Waals surface area contributed by atoms with Crippen molar-refractivity contribution in [2.45, 2.75) is 6.92 Å². The Kier molecular flexibility index (Phi) is 6.17. The number of carbonyl (C=O) groups is 1. The molecule has 8 heteroatoms. The fourth-order valence-corrected chi connectivity index (χ4v) is 3.46. The van der Waals surface area contributed by atoms with Gasteiger partial charge in [0.15, 0.2) is 11.5 Å². The molecule has 0 saturated heterocycles. The molecule has 1 aliphatic rings. The average molecular weight is 443 g/mol. The van der Waals surface area contributed by atoms with Crippen LogP contribution in [-0.2, 0) is 4.79 Å². The van der Waals surface area contributed by atoms with Crippen molar-refractivity contribution in [3.63, 3.8) is 0 Å². The largest absolute Gasteiger partial charge is 0.493 e. The van der Waals surface area contributed by atoms with Crippen molar-refractivity contribution in [1.82, 2.24) is 0 Å². The number of methoxy groups -OCH3 is 1. The normalized spacial score (nSPS) is 14.4. The van der Waals surface area contributed by atoms with Crippen LogP contribution in [-0.4, -0.2) is 30.3 Å². The number of nitro groups is 1. The number of amides is 1. The van der Waals surface area contributed by atoms with Crippen LogP contribution < -0.4 is 14.5 Å². The van der Waals surface area contributed by atoms with E-state index in [9.17, 15) is 14.9 Å². The van der Waals surface area contributed by atoms with Crippen LogP contribution in [0.25, 0.3) is 6.08 Å². The molecule has 0 radical (unpaired) electrons. The molecule has 0 spiro atoms. The van der Waals surface area contributed by atoms with Crippen LogP contribution >= 0.6 is 0 Å². The van der Waals surface area contributed by atoms with Crippen LogP contribution in [0.5, 0.6) is 11.5 Å². The highest BCUT2D eigenvalue weighted by Gasteiger charge is 2.32. The molecule has 166 valence electrons. The number of hydrogen-bond donors (Lipinski definition) is 0. The van der Waals surface area contributed by atoms with Gasteiger partial charge in [0.1, 0.15) is 5.71 Å². The van der Waals surface area contributed by atoms with Crippen molar-refractivity contribution in [2.75, 3.05) is 18.7 Å². The monoisotopic (exact) mass is 443 g/mol. The molecule has 3 aromatic rings. The Hall–Kier alpha value is -4.46. The minimum absolute atomic E-state index is 0.0601. The van der Waals surface area contributed by atoms with Crippen molar-refractivity contribution < 1.29 is 19.2 Å². The summed E-state index contributed by atoms with van der Waals surface area (Å²) in [6, 6.07) is 20.5. The van der Waals surface area contributed by atoms with E-state index in [2.05, 4.69) is 5.10 Å². The predicted octanol–water partition coefficient (Wildman–Crippen LogP) is 4.84. The molecule has 1 aliphatic heterocycles. The Morgan fingerprint density at radius 3 is 2.39 bits per heavy atom. The highest BCUT2D eigenvalue weighted by molar-refractivity contribution is 6.37. The maximum Gasteiger partial charge on any atom is 0.281 e. The smallest absolute Gasteiger partial charge is 0.281 e. The third-order valence-electron chi connectivity index (χ3n) is 5.03. The van der Waals surface area contributed by atoms with Gasteiger partial charge in [-0.05, 0) is 42.8 Å². The molecular formula is C25H21N3O5. The van der Waals surface area contributed by atoms with E-state index in [4.69, 9.17) is 9.47 Å². The fraction of sp³-hybridized carbons (Fsp3) is 0.120. The summed E-state index contributed by atoms with van der Waals surface area (Å²) in [5, 5.41) is 16.8. The van der Waals surface area contributed by atoms with E-state index < -0.39 is 4.92 Å². The van der Waals surface area contributed by atoms with Crippen LogP contribution in [0.15, 0.2) is 83.5 Å². The number of nitro benzene ring substituents is 1. The lowest BCUT2D eigenvalue weighted by atomic mass is 10.00. The first-order valence-electron chi connectivity index (χ1n) is 10.3. The Labute approximate surface area is 190 Å². The minimum Gasteiger partial charge on any atom is -0.493 e. The Bertz CT molecular complexity index is 1250. The maximum atomic E-state index is 13.4. The summed E-state index contributed by atoms with van der Waals surface area (Å²) in [5.41, 5.74) is 2.80. The van der Waals surface area contributed by atoms with E-state index in [0.29, 0.717) is 35.1 Å². The fourth-order valence-electron chi connectivity index (χ4n) is 3.46. The Morgan fingerprint density at radius 1 is 1.03 bits per heavy atom. The lowest BCUT2D eigenvalue weighted by molar-refractivity contribution is -0.384. The lowest BCUT2D eigenvalue weighted by Gasteiger charge is -2.11. The summed E-state index contributed by atoms with van der Waals surface area (Å²) in [4.78, 5) is 23.9. The second kappa shape index (κ2) is 9.35. The molecule has 0 bridgehead atoms. The Balaban J connectivity index is 1.78. The van der Waals surface area contributed by atoms with E-state index in [0.717, 1.165) is 11.1 Å². The van der Waals surface area contributed by atoms with Gasteiger partial charge in [-0.25, -0.2) is 0 Å². The topological polar surface area (TPSA) is 94.3 Å². The minimum atomic E-state index is -0.487. The summed E-state index contributed by atoms with van der Waals surface area (Å²) in [5.74, 6) is 0.836. The first-order valence-corrected chi connectivity index (χ1v) is 10.3. The molecule has 8 nitrogen and oxygen atoms in total. The number of carbonyl (C=O) groups excluding carboxylic acids is 1. The number of rotatable bonds is 7. The van der Waals surface area contributed by atoms with Crippen LogP contribution in [0.3, 0.4) is 0 Å². The van der Waals surface area contributed by atoms with Crippen LogP contribution in [0.4, 0.5) is 11.4 Å². The van der Waals surface area contributed by atoms with Gasteiger partial charge in [0.2, 0.25) is 0 Å². The van der Waals surface area contributed by atoms with Gasteiger partial charge in [0.25, 0.3) is 11.6 Å². The molecule has 0 aromatic heterocycles. The molecule has 1 amide bonds. The highest BCUT2D eigenvalue weighted by atomic mass is 16.6. The number of ether oxygens (including phenoxy) is 2. The van der Waals surface area contributed by atoms with Gasteiger partial charge in [-0.1, -0.05) is 36.4 Å². The van der Waals surface area contributed by atoms with Crippen molar-refractivity contribution in [3.8, 4) is 11.5 Å². The van der Waals surface area contributed by atoms with Crippen molar-refractivity contribution in [2.24, 2.45) is 5.10 Å². The molecule has 0 atom stereocenters. The van der Waals surface area contributed by atoms with Crippen molar-refractivity contribution in [1.29, 1.82) is 0 Å². The molecule has 4 rings (SSSR count). The van der Waals surface area contributed by atoms with E-state index in [1.54, 1.807) is 25.3 Å². The number of hydrogen-bond acceptors (Lipinski definition) is 6. The molecule has 33 heavy (non-hydrogen) atoms. The summed E-state index contributed by atoms with van der Waals surface area (Å²) in [7, 11) is 1.57. The molecule has 0 saturated carbocycles. The summed E-state index contributed by atoms with van der Waals surface area (Å²) in [6.07, 6.45) is 1.75. The van der Waals surface area contributed by atoms with Gasteiger partial charge in [-0.15, -0.1) is 0 Å². The summed E-state index contributed by atoms with van der Waals surface area (Å²) >= 11 is 0. The van der Waals surface area contributed by atoms with Gasteiger partial charge in [-0.2, -0.15) is 10.1 Å². The average Bonchev–Trinajstić information content (AvgIpc) is 3.16. The first-order chi connectivity index (χ1) is 16.0. The quantitative estimate of drug-likeness (QED) is 0.296. The zero-order valence-corrected chi connectivity index (χ0v) is 18.1. The van der Waals surface area contributed by atoms with Crippen molar-refractivity contribution >= 4 is 29.1 Å². The van der Waals surface area contributed by atoms with Gasteiger partial charge in [0, 0.05) is 17.7 Å². The van der Waals surface area contributed by atoms with E-state index in [1.807, 2.05) is 43.3 Å². The maximum absolute atomic E-state index is 13.4. The van der Waals surface area contributed by atoms with Gasteiger partial charge in [0.05, 0.1) is 29.9 Å². The highest BCUT2D eigenvalue weighted by Crippen LogP contribution is 2.32. The number of nitrogens with zero attached hydrogens (tertiary/aromatic N) is 3. The number of anilines is 1. The van der Waals surface area contributed by atoms with Crippen LogP contribution in [0, 0.1) is 10.1 Å². The second-order valence-electron chi connectivity index (χ2n) is 7.11. The van der Waals surface area contributed by atoms with Crippen LogP contribution in [0.2, 0.25) is 0 Å². The van der Waals surface area contributed by atoms with E-state index in [-0.39, 0.29) is 11.6 Å². The van der Waals surface area contributed by atoms with E-state index in [1.165, 1.54) is 29.3 Å². The molecule has 0 unspecified atom stereocenters. The molecule has 0 aliphatic carbocycles. The summed E-state index contributed by atoms with van der Waals surface area (Å²) in [6.45, 7) is 2.35. The number of hydrazone groups is 1. The third kappa shape index (κ3) is 4.45. The molecule has 0 fully saturated rings. The van der Waals surface area contributed by atoms with E-state index >= 15 is 0 Å². The Morgan fingerprint density at radius 2 is 1.76 bits per heavy atom. The molecule has 0 N–H and O–H groups in total. The molecule has 3 aromatic carbocycles. The first kappa shape index (κ1) is 21.8. The zero-order chi connectivity index (χ0) is 23.4. The van der Waals surface area contributed by atoms with Gasteiger partial charge >= 0.3 is 0 Å². The van der Waals surface area contributed by atoms with Gasteiger partial charge in [-0.3, -0.25) is 14.9 Å². The summed E-state index contributed by atoms with van der Waals surface area (Å²) < 4.78 is 11.0. The molecular weight excluding hydrogens is 422 g/mol. The predicted molar refractivity (Wildman–Crippen MR) is 126 cm³/mol. The number of non-ortho nitro benzene ring substituents is 1. The van der Waals surface area contributed by atoms with Crippen LogP contribution in [0.1, 0.15) is 18.1 Å². The lowest BCUT2D eigenvalue weighted by Crippen LogP contribution is -2.21. The molecule has 1 heterocycles. The van der Waals surface area contributed by atoms with Crippen molar-refractivity contribution in [3.05, 3.63) is 99.6 Å². The SMILES string of the molecule is CCOc1cc(/C=C2/C(=O)N(c3ccc([N+](=O)[O-])cc3)N=C2c2ccccc2)ccc1OC. The second-order valence-corrected chi connectivity index (χ2v) is 7.11.